The van der Waals surface area contributed by atoms with Crippen molar-refractivity contribution in [3.05, 3.63) is 41.6 Å². The predicted molar refractivity (Wildman–Crippen MR) is 102 cm³/mol. The van der Waals surface area contributed by atoms with Crippen LogP contribution in [0.25, 0.3) is 0 Å². The van der Waals surface area contributed by atoms with Crippen LogP contribution in [0.2, 0.25) is 0 Å². The van der Waals surface area contributed by atoms with Gasteiger partial charge in [-0.05, 0) is 37.5 Å². The highest BCUT2D eigenvalue weighted by Gasteiger charge is 2.30. The number of rotatable bonds is 9. The minimum atomic E-state index is -4.51. The fraction of sp³-hybridized carbons (Fsp3) is 0.450. The van der Waals surface area contributed by atoms with Gasteiger partial charge in [-0.3, -0.25) is 9.59 Å². The van der Waals surface area contributed by atoms with Gasteiger partial charge in [0, 0.05) is 18.3 Å². The molecule has 1 N–H and O–H groups in total. The zero-order valence-corrected chi connectivity index (χ0v) is 16.9. The van der Waals surface area contributed by atoms with Crippen LogP contribution in [-0.4, -0.2) is 46.5 Å². The van der Waals surface area contributed by atoms with Crippen molar-refractivity contribution < 1.29 is 32.2 Å². The molecule has 3 rings (SSSR count). The molecule has 1 fully saturated rings. The lowest BCUT2D eigenvalue weighted by molar-refractivity contribution is -0.154. The van der Waals surface area contributed by atoms with Gasteiger partial charge in [-0.15, -0.1) is 0 Å². The van der Waals surface area contributed by atoms with E-state index in [4.69, 9.17) is 4.74 Å². The summed E-state index contributed by atoms with van der Waals surface area (Å²) in [6, 6.07) is 2.31. The smallest absolute Gasteiger partial charge is 0.422 e. The Balaban J connectivity index is 1.65. The number of nitrogens with one attached hydrogen (secondary N) is 1. The van der Waals surface area contributed by atoms with E-state index in [0.29, 0.717) is 5.56 Å². The summed E-state index contributed by atoms with van der Waals surface area (Å²) < 4.78 is 46.8. The van der Waals surface area contributed by atoms with Crippen LogP contribution < -0.4 is 14.8 Å². The second-order valence-electron chi connectivity index (χ2n) is 7.15. The fourth-order valence-electron chi connectivity index (χ4n) is 2.76. The molecule has 166 valence electrons. The van der Waals surface area contributed by atoms with Gasteiger partial charge in [0.25, 0.3) is 11.8 Å². The number of carbonyl (C=O) groups is 2. The molecule has 0 aliphatic heterocycles. The molecule has 11 heteroatoms. The number of hydrogen-bond acceptors (Lipinski definition) is 7. The normalized spacial score (nSPS) is 14.6. The molecule has 0 aromatic carbocycles. The van der Waals surface area contributed by atoms with Crippen LogP contribution in [0.5, 0.6) is 11.6 Å². The average Bonchev–Trinajstić information content (AvgIpc) is 3.57. The summed E-state index contributed by atoms with van der Waals surface area (Å²) >= 11 is 0. The molecule has 1 unspecified atom stereocenters. The molecule has 1 amide bonds. The van der Waals surface area contributed by atoms with E-state index < -0.39 is 24.7 Å². The second kappa shape index (κ2) is 9.27. The van der Waals surface area contributed by atoms with Crippen molar-refractivity contribution in [2.45, 2.75) is 38.4 Å². The molecular weight excluding hydrogens is 417 g/mol. The Labute approximate surface area is 176 Å². The summed E-state index contributed by atoms with van der Waals surface area (Å²) in [5.74, 6) is -0.365. The van der Waals surface area contributed by atoms with Crippen molar-refractivity contribution in [1.29, 1.82) is 0 Å². The van der Waals surface area contributed by atoms with Crippen molar-refractivity contribution in [3.63, 3.8) is 0 Å². The number of ketones is 1. The fourth-order valence-corrected chi connectivity index (χ4v) is 2.76. The second-order valence-corrected chi connectivity index (χ2v) is 7.15. The highest BCUT2D eigenvalue weighted by atomic mass is 19.4. The Morgan fingerprint density at radius 1 is 1.29 bits per heavy atom. The molecule has 1 aliphatic rings. The SMILES string of the molecule is COc1cc(C(C)NC(=O)c2ccnc(CC(=O)C3CC3)n2)cnc1OCC(F)(F)F. The lowest BCUT2D eigenvalue weighted by atomic mass is 10.1. The summed E-state index contributed by atoms with van der Waals surface area (Å²) in [4.78, 5) is 36.6. The Bertz CT molecular complexity index is 964. The minimum absolute atomic E-state index is 0.00533. The highest BCUT2D eigenvalue weighted by Crippen LogP contribution is 2.31. The molecule has 1 atom stereocenters. The molecule has 0 spiro atoms. The third-order valence-corrected chi connectivity index (χ3v) is 4.58. The Morgan fingerprint density at radius 2 is 2.03 bits per heavy atom. The maximum Gasteiger partial charge on any atom is 0.422 e. The Kier molecular flexibility index (Phi) is 6.71. The van der Waals surface area contributed by atoms with Crippen LogP contribution >= 0.6 is 0 Å². The van der Waals surface area contributed by atoms with E-state index in [9.17, 15) is 22.8 Å². The van der Waals surface area contributed by atoms with Crippen LogP contribution in [0.15, 0.2) is 24.5 Å². The molecule has 0 saturated heterocycles. The number of Topliss-reactive ketones (excluding diaryl/α,β-unsaturated/α-hetero) is 1. The summed E-state index contributed by atoms with van der Waals surface area (Å²) in [6.07, 6.45) is 0.0502. The Morgan fingerprint density at radius 3 is 2.68 bits per heavy atom. The van der Waals surface area contributed by atoms with Crippen LogP contribution in [0.3, 0.4) is 0 Å². The van der Waals surface area contributed by atoms with E-state index in [1.54, 1.807) is 6.92 Å². The van der Waals surface area contributed by atoms with E-state index in [-0.39, 0.29) is 41.3 Å². The number of alkyl halides is 3. The largest absolute Gasteiger partial charge is 0.491 e. The molecule has 31 heavy (non-hydrogen) atoms. The Hall–Kier alpha value is -3.24. The van der Waals surface area contributed by atoms with Gasteiger partial charge >= 0.3 is 6.18 Å². The van der Waals surface area contributed by atoms with Crippen molar-refractivity contribution >= 4 is 11.7 Å². The first-order valence-electron chi connectivity index (χ1n) is 9.55. The molecule has 0 bridgehead atoms. The van der Waals surface area contributed by atoms with Crippen LogP contribution in [0, 0.1) is 5.92 Å². The van der Waals surface area contributed by atoms with Crippen molar-refractivity contribution in [2.75, 3.05) is 13.7 Å². The van der Waals surface area contributed by atoms with Gasteiger partial charge in [0.15, 0.2) is 12.4 Å². The molecule has 2 aromatic heterocycles. The van der Waals surface area contributed by atoms with E-state index in [2.05, 4.69) is 25.0 Å². The zero-order chi connectivity index (χ0) is 22.6. The first kappa shape index (κ1) is 22.4. The van der Waals surface area contributed by atoms with Gasteiger partial charge in [0.05, 0.1) is 19.6 Å². The zero-order valence-electron chi connectivity index (χ0n) is 16.9. The lowest BCUT2D eigenvalue weighted by Crippen LogP contribution is -2.28. The summed E-state index contributed by atoms with van der Waals surface area (Å²) in [6.45, 7) is 0.171. The topological polar surface area (TPSA) is 103 Å². The molecule has 2 heterocycles. The number of methoxy groups -OCH3 is 1. The van der Waals surface area contributed by atoms with Crippen molar-refractivity contribution in [1.82, 2.24) is 20.3 Å². The number of pyridine rings is 1. The maximum absolute atomic E-state index is 12.6. The molecule has 1 aliphatic carbocycles. The molecular formula is C20H21F3N4O4. The molecule has 1 saturated carbocycles. The summed E-state index contributed by atoms with van der Waals surface area (Å²) in [5, 5.41) is 2.72. The highest BCUT2D eigenvalue weighted by molar-refractivity contribution is 5.92. The number of aromatic nitrogens is 3. The average molecular weight is 438 g/mol. The van der Waals surface area contributed by atoms with Gasteiger partial charge < -0.3 is 14.8 Å². The summed E-state index contributed by atoms with van der Waals surface area (Å²) in [5.41, 5.74) is 0.591. The van der Waals surface area contributed by atoms with Gasteiger partial charge in [0.2, 0.25) is 0 Å². The number of amides is 1. The van der Waals surface area contributed by atoms with Gasteiger partial charge in [-0.25, -0.2) is 15.0 Å². The van der Waals surface area contributed by atoms with E-state index >= 15 is 0 Å². The quantitative estimate of drug-likeness (QED) is 0.642. The number of ether oxygens (including phenoxy) is 2. The number of hydrogen-bond donors (Lipinski definition) is 1. The van der Waals surface area contributed by atoms with Gasteiger partial charge in [-0.1, -0.05) is 0 Å². The third kappa shape index (κ3) is 6.37. The number of nitrogens with zero attached hydrogens (tertiary/aromatic N) is 3. The minimum Gasteiger partial charge on any atom is -0.491 e. The predicted octanol–water partition coefficient (Wildman–Crippen LogP) is 2.83. The van der Waals surface area contributed by atoms with Crippen molar-refractivity contribution in [3.8, 4) is 11.6 Å². The first-order chi connectivity index (χ1) is 14.7. The molecule has 8 nitrogen and oxygen atoms in total. The van der Waals surface area contributed by atoms with E-state index in [0.717, 1.165) is 12.8 Å². The van der Waals surface area contributed by atoms with E-state index in [1.165, 1.54) is 31.6 Å². The molecule has 0 radical (unpaired) electrons. The van der Waals surface area contributed by atoms with Gasteiger partial charge in [0.1, 0.15) is 17.3 Å². The van der Waals surface area contributed by atoms with E-state index in [1.807, 2.05) is 0 Å². The lowest BCUT2D eigenvalue weighted by Gasteiger charge is -2.17. The molecule has 2 aromatic rings. The summed E-state index contributed by atoms with van der Waals surface area (Å²) in [7, 11) is 1.27. The number of halogens is 3. The maximum atomic E-state index is 12.6. The van der Waals surface area contributed by atoms with Crippen LogP contribution in [-0.2, 0) is 11.2 Å². The van der Waals surface area contributed by atoms with Gasteiger partial charge in [-0.2, -0.15) is 13.2 Å². The first-order valence-corrected chi connectivity index (χ1v) is 9.55. The van der Waals surface area contributed by atoms with Crippen LogP contribution in [0.4, 0.5) is 13.2 Å². The van der Waals surface area contributed by atoms with Crippen LogP contribution in [0.1, 0.15) is 47.7 Å². The third-order valence-electron chi connectivity index (χ3n) is 4.58. The monoisotopic (exact) mass is 438 g/mol. The standard InChI is InChI=1S/C20H21F3N4O4/c1-11(13-7-16(30-2)19(25-9-13)31-10-20(21,22)23)26-18(29)14-5-6-24-17(27-14)8-15(28)12-3-4-12/h5-7,9,11-12H,3-4,8,10H2,1-2H3,(H,26,29). The van der Waals surface area contributed by atoms with Crippen molar-refractivity contribution in [2.24, 2.45) is 5.92 Å². The number of carbonyl (C=O) groups excluding carboxylic acids is 2.